The van der Waals surface area contributed by atoms with Gasteiger partial charge >= 0.3 is 5.97 Å². The highest BCUT2D eigenvalue weighted by Gasteiger charge is 2.13. The topological polar surface area (TPSA) is 102 Å². The highest BCUT2D eigenvalue weighted by Crippen LogP contribution is 2.23. The summed E-state index contributed by atoms with van der Waals surface area (Å²) in [5.74, 6) is -0.934. The van der Waals surface area contributed by atoms with Crippen LogP contribution in [0.4, 0.5) is 0 Å². The minimum Gasteiger partial charge on any atom is -0.481 e. The molecule has 0 aliphatic carbocycles. The van der Waals surface area contributed by atoms with Gasteiger partial charge in [-0.15, -0.1) is 0 Å². The molecule has 0 aliphatic rings. The molecular formula is C12H15N3O4S2. The molecule has 0 unspecified atom stereocenters. The zero-order valence-corrected chi connectivity index (χ0v) is 13.0. The van der Waals surface area contributed by atoms with Gasteiger partial charge in [0.05, 0.1) is 23.2 Å². The van der Waals surface area contributed by atoms with E-state index in [0.717, 1.165) is 17.3 Å². The summed E-state index contributed by atoms with van der Waals surface area (Å²) in [6.45, 7) is 0.468. The first-order chi connectivity index (χ1) is 9.87. The summed E-state index contributed by atoms with van der Waals surface area (Å²) in [5, 5.41) is 9.34. The van der Waals surface area contributed by atoms with Gasteiger partial charge in [-0.1, -0.05) is 11.8 Å². The number of nitrogens with zero attached hydrogens (tertiary/aromatic N) is 3. The van der Waals surface area contributed by atoms with Crippen molar-refractivity contribution in [1.29, 1.82) is 0 Å². The molecule has 0 fully saturated rings. The third kappa shape index (κ3) is 4.43. The van der Waals surface area contributed by atoms with Gasteiger partial charge in [0.2, 0.25) is 0 Å². The van der Waals surface area contributed by atoms with Gasteiger partial charge < -0.3 is 9.67 Å². The largest absolute Gasteiger partial charge is 0.481 e. The maximum absolute atomic E-state index is 11.2. The number of thioether (sulfide) groups is 1. The molecule has 0 atom stereocenters. The van der Waals surface area contributed by atoms with E-state index in [2.05, 4.69) is 9.97 Å². The van der Waals surface area contributed by atoms with Gasteiger partial charge in [0.25, 0.3) is 0 Å². The van der Waals surface area contributed by atoms with Crippen molar-refractivity contribution in [2.75, 3.05) is 17.8 Å². The Labute approximate surface area is 126 Å². The van der Waals surface area contributed by atoms with Crippen LogP contribution in [0.2, 0.25) is 0 Å². The number of aromatic nitrogens is 3. The summed E-state index contributed by atoms with van der Waals surface area (Å²) in [6, 6.07) is 1.79. The lowest BCUT2D eigenvalue weighted by Crippen LogP contribution is -2.09. The van der Waals surface area contributed by atoms with Crippen LogP contribution in [-0.2, 0) is 21.2 Å². The van der Waals surface area contributed by atoms with Crippen molar-refractivity contribution in [1.82, 2.24) is 14.5 Å². The van der Waals surface area contributed by atoms with Crippen molar-refractivity contribution in [3.63, 3.8) is 0 Å². The fraction of sp³-hybridized carbons (Fsp3) is 0.417. The molecule has 0 aromatic carbocycles. The Morgan fingerprint density at radius 3 is 2.90 bits per heavy atom. The SMILES string of the molecule is CS(=O)(=O)CCCn1c(SCC(=O)O)nc2cnccc21. The van der Waals surface area contributed by atoms with E-state index >= 15 is 0 Å². The number of sulfone groups is 1. The second-order valence-corrected chi connectivity index (χ2v) is 7.78. The number of hydrogen-bond acceptors (Lipinski definition) is 6. The zero-order chi connectivity index (χ0) is 15.5. The van der Waals surface area contributed by atoms with E-state index in [1.165, 1.54) is 6.26 Å². The zero-order valence-electron chi connectivity index (χ0n) is 11.4. The number of aliphatic carboxylic acids is 1. The van der Waals surface area contributed by atoms with Crippen LogP contribution in [0.1, 0.15) is 6.42 Å². The Morgan fingerprint density at radius 2 is 2.24 bits per heavy atom. The number of fused-ring (bicyclic) bond motifs is 1. The number of carboxylic acid groups (broad SMARTS) is 1. The molecule has 0 aliphatic heterocycles. The van der Waals surface area contributed by atoms with E-state index in [1.54, 1.807) is 18.5 Å². The summed E-state index contributed by atoms with van der Waals surface area (Å²) < 4.78 is 24.3. The maximum Gasteiger partial charge on any atom is 0.313 e. The van der Waals surface area contributed by atoms with Gasteiger partial charge in [-0.2, -0.15) is 0 Å². The standard InChI is InChI=1S/C12H15N3O4S2/c1-21(18,19)6-2-5-15-10-3-4-13-7-9(10)14-12(15)20-8-11(16)17/h3-4,7H,2,5-6,8H2,1H3,(H,16,17). The summed E-state index contributed by atoms with van der Waals surface area (Å²) in [5.41, 5.74) is 1.50. The Kier molecular flexibility index (Phi) is 4.84. The van der Waals surface area contributed by atoms with Crippen molar-refractivity contribution in [3.05, 3.63) is 18.5 Å². The van der Waals surface area contributed by atoms with Crippen LogP contribution in [0.25, 0.3) is 11.0 Å². The lowest BCUT2D eigenvalue weighted by atomic mass is 10.4. The number of aryl methyl sites for hydroxylation is 1. The van der Waals surface area contributed by atoms with Gasteiger partial charge in [-0.05, 0) is 12.5 Å². The first kappa shape index (κ1) is 15.8. The quantitative estimate of drug-likeness (QED) is 0.757. The highest BCUT2D eigenvalue weighted by molar-refractivity contribution is 7.99. The fourth-order valence-corrected chi connectivity index (χ4v) is 3.31. The van der Waals surface area contributed by atoms with Crippen LogP contribution < -0.4 is 0 Å². The van der Waals surface area contributed by atoms with E-state index < -0.39 is 15.8 Å². The third-order valence-corrected chi connectivity index (χ3v) is 4.73. The average Bonchev–Trinajstić information content (AvgIpc) is 2.73. The lowest BCUT2D eigenvalue weighted by Gasteiger charge is -2.07. The molecule has 9 heteroatoms. The second kappa shape index (κ2) is 6.44. The predicted molar refractivity (Wildman–Crippen MR) is 80.2 cm³/mol. The number of rotatable bonds is 7. The predicted octanol–water partition coefficient (Wildman–Crippen LogP) is 1.04. The Hall–Kier alpha value is -1.61. The Morgan fingerprint density at radius 1 is 1.48 bits per heavy atom. The molecule has 0 amide bonds. The third-order valence-electron chi connectivity index (χ3n) is 2.74. The number of pyridine rings is 1. The van der Waals surface area contributed by atoms with Crippen molar-refractivity contribution in [3.8, 4) is 0 Å². The van der Waals surface area contributed by atoms with E-state index in [1.807, 2.05) is 4.57 Å². The molecule has 2 aromatic rings. The van der Waals surface area contributed by atoms with Gasteiger partial charge in [-0.3, -0.25) is 9.78 Å². The molecule has 2 rings (SSSR count). The van der Waals surface area contributed by atoms with Crippen molar-refractivity contribution < 1.29 is 18.3 Å². The van der Waals surface area contributed by atoms with Gasteiger partial charge in [0.1, 0.15) is 15.4 Å². The molecule has 1 N–H and O–H groups in total. The van der Waals surface area contributed by atoms with E-state index in [0.29, 0.717) is 23.6 Å². The molecule has 0 bridgehead atoms. The van der Waals surface area contributed by atoms with Crippen LogP contribution >= 0.6 is 11.8 Å². The fourth-order valence-electron chi connectivity index (χ4n) is 1.90. The van der Waals surface area contributed by atoms with Crippen molar-refractivity contribution in [2.45, 2.75) is 18.1 Å². The number of imidazole rings is 1. The summed E-state index contributed by atoms with van der Waals surface area (Å²) >= 11 is 1.11. The lowest BCUT2D eigenvalue weighted by molar-refractivity contribution is -0.133. The van der Waals surface area contributed by atoms with Crippen LogP contribution in [0.3, 0.4) is 0 Å². The van der Waals surface area contributed by atoms with E-state index in [-0.39, 0.29) is 11.5 Å². The summed E-state index contributed by atoms with van der Waals surface area (Å²) in [4.78, 5) is 19.0. The van der Waals surface area contributed by atoms with Gasteiger partial charge in [0.15, 0.2) is 5.16 Å². The Balaban J connectivity index is 2.24. The molecule has 0 spiro atoms. The molecule has 0 saturated heterocycles. The molecule has 0 radical (unpaired) electrons. The molecule has 7 nitrogen and oxygen atoms in total. The molecule has 2 aromatic heterocycles. The monoisotopic (exact) mass is 329 g/mol. The van der Waals surface area contributed by atoms with Crippen molar-refractivity contribution in [2.24, 2.45) is 0 Å². The number of carboxylic acids is 1. The average molecular weight is 329 g/mol. The van der Waals surface area contributed by atoms with Crippen LogP contribution in [0.15, 0.2) is 23.6 Å². The van der Waals surface area contributed by atoms with Gasteiger partial charge in [0, 0.05) is 19.0 Å². The smallest absolute Gasteiger partial charge is 0.313 e. The van der Waals surface area contributed by atoms with E-state index in [4.69, 9.17) is 5.11 Å². The normalized spacial score (nSPS) is 11.9. The second-order valence-electron chi connectivity index (χ2n) is 4.58. The number of carbonyl (C=O) groups is 1. The minimum atomic E-state index is -3.02. The van der Waals surface area contributed by atoms with E-state index in [9.17, 15) is 13.2 Å². The summed E-state index contributed by atoms with van der Waals surface area (Å²) in [6.07, 6.45) is 4.88. The molecule has 21 heavy (non-hydrogen) atoms. The Bertz CT molecular complexity index is 755. The number of hydrogen-bond donors (Lipinski definition) is 1. The molecule has 114 valence electrons. The summed E-state index contributed by atoms with van der Waals surface area (Å²) in [7, 11) is -3.02. The molecule has 0 saturated carbocycles. The first-order valence-electron chi connectivity index (χ1n) is 6.19. The van der Waals surface area contributed by atoms with Crippen LogP contribution in [0, 0.1) is 0 Å². The highest BCUT2D eigenvalue weighted by atomic mass is 32.2. The molecular weight excluding hydrogens is 314 g/mol. The van der Waals surface area contributed by atoms with Crippen LogP contribution in [-0.4, -0.2) is 51.8 Å². The van der Waals surface area contributed by atoms with Gasteiger partial charge in [-0.25, -0.2) is 13.4 Å². The first-order valence-corrected chi connectivity index (χ1v) is 9.24. The maximum atomic E-state index is 11.2. The molecule has 2 heterocycles. The minimum absolute atomic E-state index is 0.0841. The van der Waals surface area contributed by atoms with Crippen LogP contribution in [0.5, 0.6) is 0 Å². The van der Waals surface area contributed by atoms with Crippen molar-refractivity contribution >= 4 is 38.6 Å².